The number of nitrogens with one attached hydrogen (secondary N) is 1. The number of rotatable bonds is 0. The summed E-state index contributed by atoms with van der Waals surface area (Å²) in [5.74, 6) is 0. The van der Waals surface area contributed by atoms with Gasteiger partial charge in [0, 0.05) is 37.0 Å². The van der Waals surface area contributed by atoms with Gasteiger partial charge in [0.1, 0.15) is 0 Å². The highest BCUT2D eigenvalue weighted by molar-refractivity contribution is 7.99. The van der Waals surface area contributed by atoms with Crippen molar-refractivity contribution in [2.24, 2.45) is 0 Å². The van der Waals surface area contributed by atoms with Gasteiger partial charge in [-0.2, -0.15) is 0 Å². The molecule has 0 bridgehead atoms. The average molecular weight is 323 g/mol. The van der Waals surface area contributed by atoms with Gasteiger partial charge in [-0.3, -0.25) is 0 Å². The molecule has 5 aromatic rings. The van der Waals surface area contributed by atoms with Crippen LogP contribution in [0.5, 0.6) is 0 Å². The number of benzene rings is 4. The molecular weight excluding hydrogens is 310 g/mol. The molecule has 0 saturated heterocycles. The van der Waals surface area contributed by atoms with E-state index in [9.17, 15) is 0 Å². The maximum atomic E-state index is 3.57. The molecule has 0 atom stereocenters. The third-order valence-electron chi connectivity index (χ3n) is 4.98. The zero-order valence-corrected chi connectivity index (χ0v) is 13.7. The number of aromatic nitrogens is 1. The number of aromatic amines is 1. The lowest BCUT2D eigenvalue weighted by molar-refractivity contribution is 1.41. The fourth-order valence-corrected chi connectivity index (χ4v) is 5.08. The van der Waals surface area contributed by atoms with E-state index in [0.717, 1.165) is 0 Å². The van der Waals surface area contributed by atoms with Crippen molar-refractivity contribution in [2.45, 2.75) is 9.79 Å². The monoisotopic (exact) mass is 323 g/mol. The van der Waals surface area contributed by atoms with Gasteiger partial charge in [-0.15, -0.1) is 0 Å². The minimum Gasteiger partial charge on any atom is -0.354 e. The molecule has 6 rings (SSSR count). The first-order chi connectivity index (χ1) is 11.9. The van der Waals surface area contributed by atoms with Crippen molar-refractivity contribution in [1.29, 1.82) is 0 Å². The molecule has 0 aliphatic carbocycles. The standard InChI is InChI=1S/C22H13NS/c1-2-9-18-14(7-1)16-12-21-17(11-19(16)23-18)15-8-3-5-13-6-4-10-20(24-21)22(13)15/h1-12,23H. The van der Waals surface area contributed by atoms with Crippen molar-refractivity contribution in [3.05, 3.63) is 72.8 Å². The molecule has 0 spiro atoms. The fourth-order valence-electron chi connectivity index (χ4n) is 3.91. The average Bonchev–Trinajstić information content (AvgIpc) is 2.98. The van der Waals surface area contributed by atoms with Crippen LogP contribution in [0, 0.1) is 0 Å². The van der Waals surface area contributed by atoms with Crippen LogP contribution >= 0.6 is 11.8 Å². The van der Waals surface area contributed by atoms with Gasteiger partial charge in [-0.25, -0.2) is 0 Å². The summed E-state index contributed by atoms with van der Waals surface area (Å²) in [6.45, 7) is 0. The normalized spacial score (nSPS) is 12.8. The third-order valence-corrected chi connectivity index (χ3v) is 6.10. The largest absolute Gasteiger partial charge is 0.354 e. The Bertz CT molecular complexity index is 1270. The molecular formula is C22H13NS. The van der Waals surface area contributed by atoms with Crippen molar-refractivity contribution < 1.29 is 0 Å². The molecule has 0 amide bonds. The van der Waals surface area contributed by atoms with Crippen molar-refractivity contribution in [1.82, 2.24) is 4.98 Å². The van der Waals surface area contributed by atoms with Crippen LogP contribution in [0.25, 0.3) is 43.7 Å². The summed E-state index contributed by atoms with van der Waals surface area (Å²) in [5.41, 5.74) is 5.10. The first kappa shape index (κ1) is 12.7. The van der Waals surface area contributed by atoms with Crippen molar-refractivity contribution >= 4 is 44.3 Å². The molecule has 2 heterocycles. The number of H-pyrrole nitrogens is 1. The Morgan fingerprint density at radius 3 is 2.46 bits per heavy atom. The van der Waals surface area contributed by atoms with Crippen molar-refractivity contribution in [3.63, 3.8) is 0 Å². The first-order valence-corrected chi connectivity index (χ1v) is 8.94. The number of hydrogen-bond donors (Lipinski definition) is 1. The maximum Gasteiger partial charge on any atom is 0.0471 e. The molecule has 4 aromatic carbocycles. The number of fused-ring (bicyclic) bond motifs is 5. The first-order valence-electron chi connectivity index (χ1n) is 8.13. The minimum absolute atomic E-state index is 1.20. The lowest BCUT2D eigenvalue weighted by atomic mass is 9.96. The zero-order chi connectivity index (χ0) is 15.7. The number of hydrogen-bond acceptors (Lipinski definition) is 1. The molecule has 1 aromatic heterocycles. The van der Waals surface area contributed by atoms with Crippen molar-refractivity contribution in [2.75, 3.05) is 0 Å². The summed E-state index contributed by atoms with van der Waals surface area (Å²) in [5, 5.41) is 5.31. The molecule has 24 heavy (non-hydrogen) atoms. The van der Waals surface area contributed by atoms with Gasteiger partial charge in [-0.05, 0) is 40.8 Å². The predicted molar refractivity (Wildman–Crippen MR) is 103 cm³/mol. The SMILES string of the molecule is c1cc2c3c(cccc3c1)-c1cc3[nH]c4ccccc4c3cc1S2. The highest BCUT2D eigenvalue weighted by Crippen LogP contribution is 2.49. The Hall–Kier alpha value is -2.71. The second-order valence-electron chi connectivity index (χ2n) is 6.33. The summed E-state index contributed by atoms with van der Waals surface area (Å²) in [4.78, 5) is 6.28. The van der Waals surface area contributed by atoms with Gasteiger partial charge >= 0.3 is 0 Å². The second kappa shape index (κ2) is 4.43. The van der Waals surface area contributed by atoms with E-state index in [4.69, 9.17) is 0 Å². The molecule has 0 radical (unpaired) electrons. The Labute approximate surface area is 143 Å². The quantitative estimate of drug-likeness (QED) is 0.333. The Morgan fingerprint density at radius 1 is 0.625 bits per heavy atom. The van der Waals surface area contributed by atoms with Crippen LogP contribution in [0.3, 0.4) is 0 Å². The molecule has 0 saturated carbocycles. The fraction of sp³-hybridized carbons (Fsp3) is 0. The summed E-state index contributed by atoms with van der Waals surface area (Å²) >= 11 is 1.89. The summed E-state index contributed by atoms with van der Waals surface area (Å²) in [6.07, 6.45) is 0. The second-order valence-corrected chi connectivity index (χ2v) is 7.41. The molecule has 1 nitrogen and oxygen atoms in total. The van der Waals surface area contributed by atoms with Gasteiger partial charge in [-0.1, -0.05) is 60.3 Å². The molecule has 1 aliphatic rings. The van der Waals surface area contributed by atoms with Crippen LogP contribution in [-0.2, 0) is 0 Å². The van der Waals surface area contributed by atoms with E-state index in [0.29, 0.717) is 0 Å². The van der Waals surface area contributed by atoms with Gasteiger partial charge in [0.15, 0.2) is 0 Å². The van der Waals surface area contributed by atoms with Gasteiger partial charge < -0.3 is 4.98 Å². The predicted octanol–water partition coefficient (Wildman–Crippen LogP) is 6.61. The Kier molecular flexibility index (Phi) is 2.34. The smallest absolute Gasteiger partial charge is 0.0471 e. The van der Waals surface area contributed by atoms with E-state index >= 15 is 0 Å². The highest BCUT2D eigenvalue weighted by Gasteiger charge is 2.20. The lowest BCUT2D eigenvalue weighted by Gasteiger charge is -2.20. The van der Waals surface area contributed by atoms with E-state index in [1.165, 1.54) is 53.5 Å². The highest BCUT2D eigenvalue weighted by atomic mass is 32.2. The molecule has 1 N–H and O–H groups in total. The molecule has 1 aliphatic heterocycles. The van der Waals surface area contributed by atoms with Crippen LogP contribution in [0.2, 0.25) is 0 Å². The van der Waals surface area contributed by atoms with Crippen LogP contribution in [-0.4, -0.2) is 4.98 Å². The van der Waals surface area contributed by atoms with Crippen LogP contribution in [0.1, 0.15) is 0 Å². The molecule has 2 heteroatoms. The van der Waals surface area contributed by atoms with Crippen LogP contribution in [0.15, 0.2) is 82.6 Å². The van der Waals surface area contributed by atoms with Crippen LogP contribution in [0.4, 0.5) is 0 Å². The third kappa shape index (κ3) is 1.56. The zero-order valence-electron chi connectivity index (χ0n) is 12.8. The molecule has 0 fully saturated rings. The Morgan fingerprint density at radius 2 is 1.50 bits per heavy atom. The van der Waals surface area contributed by atoms with Gasteiger partial charge in [0.25, 0.3) is 0 Å². The Balaban J connectivity index is 1.77. The molecule has 112 valence electrons. The summed E-state index contributed by atoms with van der Waals surface area (Å²) in [6, 6.07) is 26.4. The number of para-hydroxylation sites is 1. The summed E-state index contributed by atoms with van der Waals surface area (Å²) < 4.78 is 0. The van der Waals surface area contributed by atoms with E-state index in [-0.39, 0.29) is 0 Å². The molecule has 0 unspecified atom stereocenters. The summed E-state index contributed by atoms with van der Waals surface area (Å²) in [7, 11) is 0. The van der Waals surface area contributed by atoms with E-state index in [1.54, 1.807) is 0 Å². The van der Waals surface area contributed by atoms with Gasteiger partial charge in [0.2, 0.25) is 0 Å². The maximum absolute atomic E-state index is 3.57. The van der Waals surface area contributed by atoms with Gasteiger partial charge in [0.05, 0.1) is 0 Å². The van der Waals surface area contributed by atoms with E-state index < -0.39 is 0 Å². The van der Waals surface area contributed by atoms with Crippen LogP contribution < -0.4 is 0 Å². The minimum atomic E-state index is 1.20. The van der Waals surface area contributed by atoms with E-state index in [2.05, 4.69) is 77.8 Å². The topological polar surface area (TPSA) is 15.8 Å². The lowest BCUT2D eigenvalue weighted by Crippen LogP contribution is -1.92. The van der Waals surface area contributed by atoms with E-state index in [1.807, 2.05) is 11.8 Å². The van der Waals surface area contributed by atoms with Crippen molar-refractivity contribution in [3.8, 4) is 11.1 Å².